The van der Waals surface area contributed by atoms with Crippen molar-refractivity contribution in [1.82, 2.24) is 15.1 Å². The molecule has 0 aromatic carbocycles. The molecule has 1 aromatic rings. The highest BCUT2D eigenvalue weighted by atomic mass is 15.3. The fraction of sp³-hybridized carbons (Fsp3) is 0.444. The minimum absolute atomic E-state index is 0.546. The van der Waals surface area contributed by atoms with E-state index in [2.05, 4.69) is 16.3 Å². The Hall–Kier alpha value is -1.27. The summed E-state index contributed by atoms with van der Waals surface area (Å²) >= 11 is 0. The molecule has 0 atom stereocenters. The van der Waals surface area contributed by atoms with Crippen LogP contribution in [0.25, 0.3) is 0 Å². The van der Waals surface area contributed by atoms with Crippen molar-refractivity contribution >= 4 is 0 Å². The van der Waals surface area contributed by atoms with E-state index in [1.165, 1.54) is 5.56 Å². The number of nitrogens with zero attached hydrogens (tertiary/aromatic N) is 2. The lowest BCUT2D eigenvalue weighted by Gasteiger charge is -1.93. The molecule has 1 rings (SSSR count). The van der Waals surface area contributed by atoms with Gasteiger partial charge in [-0.05, 0) is 14.0 Å². The van der Waals surface area contributed by atoms with Gasteiger partial charge in [-0.25, -0.2) is 0 Å². The van der Waals surface area contributed by atoms with Crippen LogP contribution in [-0.4, -0.2) is 16.8 Å². The van der Waals surface area contributed by atoms with Gasteiger partial charge in [0.15, 0.2) is 0 Å². The molecular formula is C9H13N3. The maximum Gasteiger partial charge on any atom is 0.101 e. The maximum atomic E-state index is 5.17. The summed E-state index contributed by atoms with van der Waals surface area (Å²) in [6.07, 6.45) is 7.15. The van der Waals surface area contributed by atoms with Crippen LogP contribution < -0.4 is 5.32 Å². The standard InChI is InChI=1S/C9H13N3/c1-4-5-12-7-9(6-10-3)8(2)11-12/h1,7,10H,5-6H2,2-3H3. The van der Waals surface area contributed by atoms with Gasteiger partial charge in [-0.15, -0.1) is 6.42 Å². The van der Waals surface area contributed by atoms with Crippen LogP contribution in [0.4, 0.5) is 0 Å². The van der Waals surface area contributed by atoms with Crippen LogP contribution in [0.5, 0.6) is 0 Å². The van der Waals surface area contributed by atoms with Crippen molar-refractivity contribution in [3.63, 3.8) is 0 Å². The topological polar surface area (TPSA) is 29.9 Å². The Morgan fingerprint density at radius 3 is 3.08 bits per heavy atom. The summed E-state index contributed by atoms with van der Waals surface area (Å²) in [4.78, 5) is 0. The molecule has 0 radical (unpaired) electrons. The van der Waals surface area contributed by atoms with E-state index in [1.807, 2.05) is 20.2 Å². The summed E-state index contributed by atoms with van der Waals surface area (Å²) < 4.78 is 1.78. The Bertz CT molecular complexity index is 293. The van der Waals surface area contributed by atoms with E-state index in [1.54, 1.807) is 4.68 Å². The SMILES string of the molecule is C#CCn1cc(CNC)c(C)n1. The Morgan fingerprint density at radius 1 is 1.75 bits per heavy atom. The molecule has 0 spiro atoms. The van der Waals surface area contributed by atoms with Gasteiger partial charge in [-0.3, -0.25) is 4.68 Å². The van der Waals surface area contributed by atoms with Crippen LogP contribution >= 0.6 is 0 Å². The first kappa shape index (κ1) is 8.82. The number of hydrogen-bond acceptors (Lipinski definition) is 2. The van der Waals surface area contributed by atoms with Crippen molar-refractivity contribution in [3.8, 4) is 12.3 Å². The molecule has 64 valence electrons. The number of rotatable bonds is 3. The summed E-state index contributed by atoms with van der Waals surface area (Å²) in [5.41, 5.74) is 2.24. The Kier molecular flexibility index (Phi) is 2.89. The van der Waals surface area contributed by atoms with Crippen LogP contribution in [0.2, 0.25) is 0 Å². The molecule has 1 heterocycles. The van der Waals surface area contributed by atoms with Crippen molar-refractivity contribution in [2.75, 3.05) is 7.05 Å². The van der Waals surface area contributed by atoms with Gasteiger partial charge in [0.2, 0.25) is 0 Å². The second-order valence-electron chi connectivity index (χ2n) is 2.67. The first-order valence-electron chi connectivity index (χ1n) is 3.89. The molecule has 0 aliphatic rings. The second-order valence-corrected chi connectivity index (χ2v) is 2.67. The summed E-state index contributed by atoms with van der Waals surface area (Å²) in [6.45, 7) is 3.38. The molecule has 12 heavy (non-hydrogen) atoms. The van der Waals surface area contributed by atoms with Crippen LogP contribution in [0.1, 0.15) is 11.3 Å². The lowest BCUT2D eigenvalue weighted by Crippen LogP contribution is -2.05. The molecule has 0 unspecified atom stereocenters. The fourth-order valence-electron chi connectivity index (χ4n) is 1.10. The molecular weight excluding hydrogens is 150 g/mol. The zero-order chi connectivity index (χ0) is 8.97. The second kappa shape index (κ2) is 3.93. The van der Waals surface area contributed by atoms with E-state index in [0.29, 0.717) is 6.54 Å². The molecule has 1 aromatic heterocycles. The molecule has 0 aliphatic heterocycles. The lowest BCUT2D eigenvalue weighted by atomic mass is 10.3. The van der Waals surface area contributed by atoms with Crippen molar-refractivity contribution in [2.24, 2.45) is 0 Å². The zero-order valence-corrected chi connectivity index (χ0v) is 7.46. The molecule has 3 heteroatoms. The van der Waals surface area contributed by atoms with Crippen molar-refractivity contribution in [2.45, 2.75) is 20.0 Å². The average Bonchev–Trinajstić information content (AvgIpc) is 2.34. The minimum Gasteiger partial charge on any atom is -0.316 e. The molecule has 3 nitrogen and oxygen atoms in total. The number of hydrogen-bond donors (Lipinski definition) is 1. The van der Waals surface area contributed by atoms with Crippen LogP contribution in [-0.2, 0) is 13.1 Å². The number of nitrogens with one attached hydrogen (secondary N) is 1. The Labute approximate surface area is 72.8 Å². The summed E-state index contributed by atoms with van der Waals surface area (Å²) in [7, 11) is 1.91. The van der Waals surface area contributed by atoms with Crippen LogP contribution in [0.15, 0.2) is 6.20 Å². The smallest absolute Gasteiger partial charge is 0.101 e. The van der Waals surface area contributed by atoms with Gasteiger partial charge in [-0.1, -0.05) is 5.92 Å². The third-order valence-electron chi connectivity index (χ3n) is 1.67. The monoisotopic (exact) mass is 163 g/mol. The normalized spacial score (nSPS) is 9.75. The predicted octanol–water partition coefficient (Wildman–Crippen LogP) is 0.544. The highest BCUT2D eigenvalue weighted by molar-refractivity contribution is 5.15. The van der Waals surface area contributed by atoms with E-state index in [4.69, 9.17) is 6.42 Å². The van der Waals surface area contributed by atoms with Crippen molar-refractivity contribution < 1.29 is 0 Å². The predicted molar refractivity (Wildman–Crippen MR) is 48.6 cm³/mol. The highest BCUT2D eigenvalue weighted by Gasteiger charge is 2.01. The van der Waals surface area contributed by atoms with E-state index < -0.39 is 0 Å². The van der Waals surface area contributed by atoms with E-state index in [9.17, 15) is 0 Å². The van der Waals surface area contributed by atoms with Gasteiger partial charge < -0.3 is 5.32 Å². The highest BCUT2D eigenvalue weighted by Crippen LogP contribution is 2.04. The van der Waals surface area contributed by atoms with Crippen LogP contribution in [0, 0.1) is 19.3 Å². The molecule has 0 saturated carbocycles. The molecule has 0 aliphatic carbocycles. The van der Waals surface area contributed by atoms with Gasteiger partial charge >= 0.3 is 0 Å². The van der Waals surface area contributed by atoms with Gasteiger partial charge in [0.05, 0.1) is 5.69 Å². The fourth-order valence-corrected chi connectivity index (χ4v) is 1.10. The number of aromatic nitrogens is 2. The van der Waals surface area contributed by atoms with Crippen molar-refractivity contribution in [3.05, 3.63) is 17.5 Å². The van der Waals surface area contributed by atoms with E-state index >= 15 is 0 Å². The maximum absolute atomic E-state index is 5.17. The van der Waals surface area contributed by atoms with Crippen LogP contribution in [0.3, 0.4) is 0 Å². The van der Waals surface area contributed by atoms with Gasteiger partial charge in [0.25, 0.3) is 0 Å². The number of terminal acetylenes is 1. The molecule has 0 fully saturated rings. The van der Waals surface area contributed by atoms with E-state index in [-0.39, 0.29) is 0 Å². The van der Waals surface area contributed by atoms with Gasteiger partial charge in [0, 0.05) is 18.3 Å². The van der Waals surface area contributed by atoms with E-state index in [0.717, 1.165) is 12.2 Å². The quantitative estimate of drug-likeness (QED) is 0.659. The van der Waals surface area contributed by atoms with Gasteiger partial charge in [0.1, 0.15) is 6.54 Å². The Balaban J connectivity index is 2.79. The molecule has 0 saturated heterocycles. The summed E-state index contributed by atoms with van der Waals surface area (Å²) in [5.74, 6) is 2.55. The third kappa shape index (κ3) is 1.86. The largest absolute Gasteiger partial charge is 0.316 e. The lowest BCUT2D eigenvalue weighted by molar-refractivity contribution is 0.706. The zero-order valence-electron chi connectivity index (χ0n) is 7.46. The molecule has 1 N–H and O–H groups in total. The minimum atomic E-state index is 0.546. The Morgan fingerprint density at radius 2 is 2.50 bits per heavy atom. The van der Waals surface area contributed by atoms with Crippen molar-refractivity contribution in [1.29, 1.82) is 0 Å². The first-order chi connectivity index (χ1) is 5.77. The number of aryl methyl sites for hydroxylation is 1. The third-order valence-corrected chi connectivity index (χ3v) is 1.67. The first-order valence-corrected chi connectivity index (χ1v) is 3.89. The summed E-state index contributed by atoms with van der Waals surface area (Å²) in [6, 6.07) is 0. The van der Waals surface area contributed by atoms with Gasteiger partial charge in [-0.2, -0.15) is 5.10 Å². The average molecular weight is 163 g/mol. The summed E-state index contributed by atoms with van der Waals surface area (Å²) in [5, 5.41) is 7.33. The molecule has 0 amide bonds. The molecule has 0 bridgehead atoms.